The zero-order valence-corrected chi connectivity index (χ0v) is 11.7. The van der Waals surface area contributed by atoms with Crippen molar-refractivity contribution in [1.29, 1.82) is 0 Å². The van der Waals surface area contributed by atoms with E-state index in [4.69, 9.17) is 9.84 Å². The molecule has 1 aromatic heterocycles. The average molecular weight is 271 g/mol. The van der Waals surface area contributed by atoms with Crippen LogP contribution in [-0.2, 0) is 4.74 Å². The fourth-order valence-corrected chi connectivity index (χ4v) is 2.95. The number of aliphatic hydroxyl groups is 1. The van der Waals surface area contributed by atoms with Gasteiger partial charge in [-0.1, -0.05) is 0 Å². The second-order valence-electron chi connectivity index (χ2n) is 4.88. The van der Waals surface area contributed by atoms with Gasteiger partial charge in [-0.25, -0.2) is 4.98 Å². The Morgan fingerprint density at radius 1 is 1.44 bits per heavy atom. The molecule has 1 aliphatic rings. The van der Waals surface area contributed by atoms with E-state index in [0.717, 1.165) is 36.6 Å². The lowest BCUT2D eigenvalue weighted by molar-refractivity contribution is 0.113. The van der Waals surface area contributed by atoms with Gasteiger partial charge in [-0.2, -0.15) is 4.37 Å². The molecule has 1 aliphatic carbocycles. The summed E-state index contributed by atoms with van der Waals surface area (Å²) in [5.74, 6) is 1.23. The van der Waals surface area contributed by atoms with Gasteiger partial charge in [0.1, 0.15) is 6.10 Å². The fraction of sp³-hybridized carbons (Fsp3) is 0.833. The van der Waals surface area contributed by atoms with Crippen molar-refractivity contribution in [2.75, 3.05) is 19.0 Å². The third kappa shape index (κ3) is 3.40. The van der Waals surface area contributed by atoms with Gasteiger partial charge >= 0.3 is 0 Å². The van der Waals surface area contributed by atoms with E-state index in [0.29, 0.717) is 18.6 Å². The number of aliphatic hydroxyl groups excluding tert-OH is 1. The van der Waals surface area contributed by atoms with Crippen LogP contribution >= 0.6 is 11.5 Å². The fourth-order valence-electron chi connectivity index (χ4n) is 2.23. The Kier molecular flexibility index (Phi) is 4.91. The van der Waals surface area contributed by atoms with Crippen LogP contribution in [0.15, 0.2) is 0 Å². The number of methoxy groups -OCH3 is 1. The van der Waals surface area contributed by atoms with Gasteiger partial charge in [0.15, 0.2) is 5.82 Å². The highest BCUT2D eigenvalue weighted by Crippen LogP contribution is 2.27. The van der Waals surface area contributed by atoms with Crippen LogP contribution in [0.2, 0.25) is 0 Å². The van der Waals surface area contributed by atoms with Crippen molar-refractivity contribution in [2.24, 2.45) is 5.92 Å². The quantitative estimate of drug-likeness (QED) is 0.859. The largest absolute Gasteiger partial charge is 0.396 e. The maximum atomic E-state index is 9.10. The van der Waals surface area contributed by atoms with Crippen LogP contribution in [-0.4, -0.2) is 34.2 Å². The normalized spacial score (nSPS) is 25.9. The molecule has 2 rings (SSSR count). The van der Waals surface area contributed by atoms with Crippen LogP contribution in [0, 0.1) is 5.92 Å². The predicted molar refractivity (Wildman–Crippen MR) is 71.8 cm³/mol. The lowest BCUT2D eigenvalue weighted by Gasteiger charge is -2.27. The summed E-state index contributed by atoms with van der Waals surface area (Å²) in [6, 6.07) is 0.464. The van der Waals surface area contributed by atoms with Crippen molar-refractivity contribution >= 4 is 16.7 Å². The van der Waals surface area contributed by atoms with Gasteiger partial charge in [0.25, 0.3) is 0 Å². The second-order valence-corrected chi connectivity index (χ2v) is 5.63. The Morgan fingerprint density at radius 2 is 2.17 bits per heavy atom. The number of hydrogen-bond donors (Lipinski definition) is 2. The molecule has 0 radical (unpaired) electrons. The smallest absolute Gasteiger partial charge is 0.202 e. The van der Waals surface area contributed by atoms with Crippen LogP contribution in [0.5, 0.6) is 0 Å². The van der Waals surface area contributed by atoms with Crippen molar-refractivity contribution in [1.82, 2.24) is 9.36 Å². The van der Waals surface area contributed by atoms with E-state index in [1.54, 1.807) is 7.11 Å². The van der Waals surface area contributed by atoms with Gasteiger partial charge in [0.2, 0.25) is 5.13 Å². The van der Waals surface area contributed by atoms with Crippen molar-refractivity contribution < 1.29 is 9.84 Å². The molecular formula is C12H21N3O2S. The zero-order chi connectivity index (χ0) is 13.0. The topological polar surface area (TPSA) is 67.3 Å². The molecule has 1 fully saturated rings. The van der Waals surface area contributed by atoms with Crippen molar-refractivity contribution in [2.45, 2.75) is 44.8 Å². The molecule has 1 atom stereocenters. The molecule has 1 heterocycles. The molecule has 5 nitrogen and oxygen atoms in total. The third-order valence-electron chi connectivity index (χ3n) is 3.59. The first-order chi connectivity index (χ1) is 8.72. The lowest BCUT2D eigenvalue weighted by Crippen LogP contribution is -2.27. The summed E-state index contributed by atoms with van der Waals surface area (Å²) in [5, 5.41) is 13.4. The van der Waals surface area contributed by atoms with Crippen LogP contribution < -0.4 is 5.32 Å². The van der Waals surface area contributed by atoms with Gasteiger partial charge in [0.05, 0.1) is 0 Å². The summed E-state index contributed by atoms with van der Waals surface area (Å²) in [7, 11) is 1.66. The highest BCUT2D eigenvalue weighted by molar-refractivity contribution is 7.09. The van der Waals surface area contributed by atoms with Gasteiger partial charge in [0, 0.05) is 31.3 Å². The van der Waals surface area contributed by atoms with E-state index in [2.05, 4.69) is 14.7 Å². The molecule has 18 heavy (non-hydrogen) atoms. The second kappa shape index (κ2) is 6.45. The summed E-state index contributed by atoms with van der Waals surface area (Å²) < 4.78 is 9.48. The number of ether oxygens (including phenoxy) is 1. The summed E-state index contributed by atoms with van der Waals surface area (Å²) >= 11 is 1.39. The van der Waals surface area contributed by atoms with Gasteiger partial charge in [-0.05, 0) is 38.5 Å². The average Bonchev–Trinajstić information content (AvgIpc) is 2.87. The predicted octanol–water partition coefficient (Wildman–Crippen LogP) is 2.21. The monoisotopic (exact) mass is 271 g/mol. The number of nitrogens with zero attached hydrogens (tertiary/aromatic N) is 2. The van der Waals surface area contributed by atoms with Gasteiger partial charge in [-0.3, -0.25) is 0 Å². The molecule has 1 saturated carbocycles. The first-order valence-electron chi connectivity index (χ1n) is 6.46. The SMILES string of the molecule is COC(C)c1nsc(NC2CCC(CO)CC2)n1. The summed E-state index contributed by atoms with van der Waals surface area (Å²) in [6.45, 7) is 2.26. The Labute approximate surface area is 112 Å². The number of rotatable bonds is 5. The van der Waals surface area contributed by atoms with Gasteiger partial charge in [-0.15, -0.1) is 0 Å². The minimum atomic E-state index is -0.0538. The highest BCUT2D eigenvalue weighted by atomic mass is 32.1. The molecule has 6 heteroatoms. The van der Waals surface area contributed by atoms with Crippen molar-refractivity contribution in [3.05, 3.63) is 5.82 Å². The highest BCUT2D eigenvalue weighted by Gasteiger charge is 2.21. The number of nitrogens with one attached hydrogen (secondary N) is 1. The van der Waals surface area contributed by atoms with Crippen molar-refractivity contribution in [3.8, 4) is 0 Å². The molecule has 1 aromatic rings. The van der Waals surface area contributed by atoms with E-state index < -0.39 is 0 Å². The van der Waals surface area contributed by atoms with Crippen molar-refractivity contribution in [3.63, 3.8) is 0 Å². The van der Waals surface area contributed by atoms with E-state index in [1.165, 1.54) is 11.5 Å². The Balaban J connectivity index is 1.85. The maximum Gasteiger partial charge on any atom is 0.202 e. The minimum absolute atomic E-state index is 0.0538. The molecule has 0 amide bonds. The van der Waals surface area contributed by atoms with Gasteiger partial charge < -0.3 is 15.2 Å². The van der Waals surface area contributed by atoms with Crippen LogP contribution in [0.4, 0.5) is 5.13 Å². The van der Waals surface area contributed by atoms with Crippen LogP contribution in [0.1, 0.15) is 44.5 Å². The molecular weight excluding hydrogens is 250 g/mol. The number of hydrogen-bond acceptors (Lipinski definition) is 6. The van der Waals surface area contributed by atoms with E-state index >= 15 is 0 Å². The third-order valence-corrected chi connectivity index (χ3v) is 4.25. The molecule has 0 bridgehead atoms. The molecule has 0 aromatic carbocycles. The Morgan fingerprint density at radius 3 is 2.78 bits per heavy atom. The molecule has 2 N–H and O–H groups in total. The minimum Gasteiger partial charge on any atom is -0.396 e. The molecule has 1 unspecified atom stereocenters. The maximum absolute atomic E-state index is 9.10. The first-order valence-corrected chi connectivity index (χ1v) is 7.24. The van der Waals surface area contributed by atoms with E-state index in [-0.39, 0.29) is 6.10 Å². The molecule has 0 aliphatic heterocycles. The Hall–Kier alpha value is -0.720. The van der Waals surface area contributed by atoms with Crippen LogP contribution in [0.25, 0.3) is 0 Å². The Bertz CT molecular complexity index is 364. The molecule has 0 saturated heterocycles. The summed E-state index contributed by atoms with van der Waals surface area (Å²) in [5.41, 5.74) is 0. The van der Waals surface area contributed by atoms with Crippen LogP contribution in [0.3, 0.4) is 0 Å². The number of aromatic nitrogens is 2. The molecule has 102 valence electrons. The lowest BCUT2D eigenvalue weighted by atomic mass is 9.87. The van der Waals surface area contributed by atoms with E-state index in [9.17, 15) is 0 Å². The standard InChI is InChI=1S/C12H21N3O2S/c1-8(17-2)11-14-12(18-15-11)13-10-5-3-9(7-16)4-6-10/h8-10,16H,3-7H2,1-2H3,(H,13,14,15). The summed E-state index contributed by atoms with van der Waals surface area (Å²) in [4.78, 5) is 4.44. The van der Waals surface area contributed by atoms with E-state index in [1.807, 2.05) is 6.92 Å². The molecule has 0 spiro atoms. The summed E-state index contributed by atoms with van der Waals surface area (Å²) in [6.07, 6.45) is 4.32. The number of anilines is 1. The zero-order valence-electron chi connectivity index (χ0n) is 10.9. The first kappa shape index (κ1) is 13.7.